The standard InChI is InChI=1S/C14H26N2O2/c1-10(4-3-5-11(2)15)14(17)16-8-12-6-7-13(9-16)18-12/h10-13H,3-9,15H2,1-2H3. The van der Waals surface area contributed by atoms with E-state index in [1.54, 1.807) is 0 Å². The fourth-order valence-electron chi connectivity index (χ4n) is 2.98. The molecule has 2 N–H and O–H groups in total. The van der Waals surface area contributed by atoms with Gasteiger partial charge in [0.1, 0.15) is 0 Å². The van der Waals surface area contributed by atoms with E-state index >= 15 is 0 Å². The van der Waals surface area contributed by atoms with Crippen molar-refractivity contribution in [1.29, 1.82) is 0 Å². The minimum Gasteiger partial charge on any atom is -0.371 e. The van der Waals surface area contributed by atoms with Gasteiger partial charge in [0.25, 0.3) is 0 Å². The lowest BCUT2D eigenvalue weighted by Crippen LogP contribution is -2.47. The van der Waals surface area contributed by atoms with Crippen LogP contribution in [0.4, 0.5) is 0 Å². The second-order valence-electron chi connectivity index (χ2n) is 6.01. The average Bonchev–Trinajstić information content (AvgIpc) is 2.66. The zero-order valence-corrected chi connectivity index (χ0v) is 11.6. The van der Waals surface area contributed by atoms with Crippen LogP contribution in [0.25, 0.3) is 0 Å². The van der Waals surface area contributed by atoms with Gasteiger partial charge in [-0.3, -0.25) is 4.79 Å². The molecule has 0 aliphatic carbocycles. The Morgan fingerprint density at radius 3 is 2.44 bits per heavy atom. The van der Waals surface area contributed by atoms with Gasteiger partial charge in [-0.1, -0.05) is 13.3 Å². The van der Waals surface area contributed by atoms with E-state index in [0.29, 0.717) is 18.1 Å². The zero-order valence-electron chi connectivity index (χ0n) is 11.6. The van der Waals surface area contributed by atoms with Gasteiger partial charge in [-0.2, -0.15) is 0 Å². The van der Waals surface area contributed by atoms with Gasteiger partial charge in [-0.15, -0.1) is 0 Å². The van der Waals surface area contributed by atoms with Crippen molar-refractivity contribution >= 4 is 5.91 Å². The van der Waals surface area contributed by atoms with Crippen molar-refractivity contribution in [2.45, 2.75) is 64.2 Å². The molecule has 1 amide bonds. The maximum Gasteiger partial charge on any atom is 0.225 e. The van der Waals surface area contributed by atoms with E-state index in [1.165, 1.54) is 0 Å². The molecule has 0 saturated carbocycles. The largest absolute Gasteiger partial charge is 0.371 e. The lowest BCUT2D eigenvalue weighted by Gasteiger charge is -2.33. The van der Waals surface area contributed by atoms with Gasteiger partial charge < -0.3 is 15.4 Å². The van der Waals surface area contributed by atoms with Gasteiger partial charge in [-0.25, -0.2) is 0 Å². The molecular weight excluding hydrogens is 228 g/mol. The van der Waals surface area contributed by atoms with E-state index in [2.05, 4.69) is 0 Å². The Morgan fingerprint density at radius 2 is 1.89 bits per heavy atom. The van der Waals surface area contributed by atoms with Gasteiger partial charge in [0.05, 0.1) is 12.2 Å². The highest BCUT2D eigenvalue weighted by molar-refractivity contribution is 5.78. The number of carbonyl (C=O) groups is 1. The van der Waals surface area contributed by atoms with Crippen LogP contribution in [0, 0.1) is 5.92 Å². The lowest BCUT2D eigenvalue weighted by atomic mass is 10.0. The molecule has 4 nitrogen and oxygen atoms in total. The quantitative estimate of drug-likeness (QED) is 0.809. The predicted octanol–water partition coefficient (Wildman–Crippen LogP) is 1.53. The summed E-state index contributed by atoms with van der Waals surface area (Å²) >= 11 is 0. The number of hydrogen-bond acceptors (Lipinski definition) is 3. The van der Waals surface area contributed by atoms with E-state index in [9.17, 15) is 4.79 Å². The second kappa shape index (κ2) is 6.02. The summed E-state index contributed by atoms with van der Waals surface area (Å²) in [5.74, 6) is 0.432. The Bertz CT molecular complexity index is 282. The van der Waals surface area contributed by atoms with E-state index in [-0.39, 0.29) is 12.0 Å². The summed E-state index contributed by atoms with van der Waals surface area (Å²) in [6.45, 7) is 5.66. The summed E-state index contributed by atoms with van der Waals surface area (Å²) in [6.07, 6.45) is 5.83. The van der Waals surface area contributed by atoms with Crippen molar-refractivity contribution in [1.82, 2.24) is 4.90 Å². The molecule has 4 atom stereocenters. The molecule has 0 aromatic heterocycles. The molecule has 2 rings (SSSR count). The number of amides is 1. The van der Waals surface area contributed by atoms with Crippen LogP contribution in [-0.4, -0.2) is 42.1 Å². The first-order valence-corrected chi connectivity index (χ1v) is 7.26. The molecule has 2 fully saturated rings. The van der Waals surface area contributed by atoms with Crippen molar-refractivity contribution in [3.63, 3.8) is 0 Å². The number of ether oxygens (including phenoxy) is 1. The predicted molar refractivity (Wildman–Crippen MR) is 71.1 cm³/mol. The molecule has 4 unspecified atom stereocenters. The van der Waals surface area contributed by atoms with Crippen LogP contribution in [0.5, 0.6) is 0 Å². The van der Waals surface area contributed by atoms with Crippen molar-refractivity contribution in [2.75, 3.05) is 13.1 Å². The number of nitrogens with zero attached hydrogens (tertiary/aromatic N) is 1. The zero-order chi connectivity index (χ0) is 13.1. The number of morpholine rings is 1. The molecule has 0 aromatic rings. The van der Waals surface area contributed by atoms with Crippen LogP contribution in [-0.2, 0) is 9.53 Å². The Hall–Kier alpha value is -0.610. The first-order valence-electron chi connectivity index (χ1n) is 7.26. The number of likely N-dealkylation sites (tertiary alicyclic amines) is 1. The van der Waals surface area contributed by atoms with Crippen LogP contribution in [0.2, 0.25) is 0 Å². The SMILES string of the molecule is CC(N)CCCC(C)C(=O)N1CC2CCC(C1)O2. The van der Waals surface area contributed by atoms with Crippen LogP contribution in [0.15, 0.2) is 0 Å². The molecule has 2 bridgehead atoms. The number of nitrogens with two attached hydrogens (primary N) is 1. The Labute approximate surface area is 110 Å². The molecule has 0 radical (unpaired) electrons. The highest BCUT2D eigenvalue weighted by atomic mass is 16.5. The number of fused-ring (bicyclic) bond motifs is 2. The smallest absolute Gasteiger partial charge is 0.225 e. The third kappa shape index (κ3) is 3.45. The molecule has 18 heavy (non-hydrogen) atoms. The third-order valence-corrected chi connectivity index (χ3v) is 4.07. The average molecular weight is 254 g/mol. The van der Waals surface area contributed by atoms with Crippen molar-refractivity contribution in [3.8, 4) is 0 Å². The van der Waals surface area contributed by atoms with E-state index in [4.69, 9.17) is 10.5 Å². The summed E-state index contributed by atoms with van der Waals surface area (Å²) in [4.78, 5) is 14.3. The van der Waals surface area contributed by atoms with Crippen LogP contribution < -0.4 is 5.73 Å². The molecule has 4 heteroatoms. The van der Waals surface area contributed by atoms with Gasteiger partial charge in [0.15, 0.2) is 0 Å². The molecule has 2 saturated heterocycles. The molecule has 0 spiro atoms. The summed E-state index contributed by atoms with van der Waals surface area (Å²) in [6, 6.07) is 0.242. The number of carbonyl (C=O) groups excluding carboxylic acids is 1. The van der Waals surface area contributed by atoms with Gasteiger partial charge >= 0.3 is 0 Å². The van der Waals surface area contributed by atoms with Crippen LogP contribution >= 0.6 is 0 Å². The molecule has 2 heterocycles. The molecule has 104 valence electrons. The minimum absolute atomic E-state index is 0.126. The molecule has 0 aromatic carbocycles. The van der Waals surface area contributed by atoms with E-state index in [1.807, 2.05) is 18.7 Å². The summed E-state index contributed by atoms with van der Waals surface area (Å²) < 4.78 is 5.76. The first kappa shape index (κ1) is 13.8. The van der Waals surface area contributed by atoms with Gasteiger partial charge in [-0.05, 0) is 32.6 Å². The Kier molecular flexibility index (Phi) is 4.62. The van der Waals surface area contributed by atoms with Gasteiger partial charge in [0, 0.05) is 25.0 Å². The maximum atomic E-state index is 12.3. The number of rotatable bonds is 5. The molecule has 2 aliphatic heterocycles. The summed E-state index contributed by atoms with van der Waals surface area (Å²) in [7, 11) is 0. The first-order chi connectivity index (χ1) is 8.56. The van der Waals surface area contributed by atoms with Crippen molar-refractivity contribution in [2.24, 2.45) is 11.7 Å². The highest BCUT2D eigenvalue weighted by Gasteiger charge is 2.36. The fourth-order valence-corrected chi connectivity index (χ4v) is 2.98. The maximum absolute atomic E-state index is 12.3. The number of hydrogen-bond donors (Lipinski definition) is 1. The molecular formula is C14H26N2O2. The summed E-state index contributed by atoms with van der Waals surface area (Å²) in [5.41, 5.74) is 5.73. The lowest BCUT2D eigenvalue weighted by molar-refractivity contribution is -0.143. The third-order valence-electron chi connectivity index (χ3n) is 4.07. The fraction of sp³-hybridized carbons (Fsp3) is 0.929. The minimum atomic E-state index is 0.126. The van der Waals surface area contributed by atoms with Crippen LogP contribution in [0.1, 0.15) is 46.0 Å². The highest BCUT2D eigenvalue weighted by Crippen LogP contribution is 2.27. The van der Waals surface area contributed by atoms with Gasteiger partial charge in [0.2, 0.25) is 5.91 Å². The van der Waals surface area contributed by atoms with Crippen molar-refractivity contribution < 1.29 is 9.53 Å². The monoisotopic (exact) mass is 254 g/mol. The van der Waals surface area contributed by atoms with Crippen molar-refractivity contribution in [3.05, 3.63) is 0 Å². The van der Waals surface area contributed by atoms with E-state index < -0.39 is 0 Å². The normalized spacial score (nSPS) is 30.3. The summed E-state index contributed by atoms with van der Waals surface area (Å²) in [5, 5.41) is 0. The topological polar surface area (TPSA) is 55.6 Å². The van der Waals surface area contributed by atoms with Crippen LogP contribution in [0.3, 0.4) is 0 Å². The molecule has 2 aliphatic rings. The Morgan fingerprint density at radius 1 is 1.28 bits per heavy atom. The van der Waals surface area contributed by atoms with E-state index in [0.717, 1.165) is 45.2 Å². The Balaban J connectivity index is 1.76. The second-order valence-corrected chi connectivity index (χ2v) is 6.01.